The molecule has 2 aromatic rings. The van der Waals surface area contributed by atoms with E-state index < -0.39 is 0 Å². The Labute approximate surface area is 163 Å². The summed E-state index contributed by atoms with van der Waals surface area (Å²) in [6.45, 7) is 4.81. The van der Waals surface area contributed by atoms with Crippen molar-refractivity contribution in [1.82, 2.24) is 9.97 Å². The van der Waals surface area contributed by atoms with Gasteiger partial charge in [0.2, 0.25) is 0 Å². The minimum absolute atomic E-state index is 0.258. The summed E-state index contributed by atoms with van der Waals surface area (Å²) in [6, 6.07) is 7.30. The lowest BCUT2D eigenvalue weighted by molar-refractivity contribution is 0.0497. The fraction of sp³-hybridized carbons (Fsp3) is 0.522. The fourth-order valence-electron chi connectivity index (χ4n) is 2.93. The number of carbonyl (C=O) groups is 1. The van der Waals surface area contributed by atoms with E-state index in [1.165, 1.54) is 38.5 Å². The van der Waals surface area contributed by atoms with Crippen LogP contribution in [0.25, 0.3) is 11.4 Å². The first-order chi connectivity index (χ1) is 13.2. The first kappa shape index (κ1) is 21.1. The van der Waals surface area contributed by atoms with Gasteiger partial charge in [0, 0.05) is 18.0 Å². The second-order valence-electron chi connectivity index (χ2n) is 6.96. The maximum absolute atomic E-state index is 12.1. The van der Waals surface area contributed by atoms with Crippen LogP contribution in [0, 0.1) is 0 Å². The maximum Gasteiger partial charge on any atom is 0.338 e. The van der Waals surface area contributed by atoms with E-state index in [-0.39, 0.29) is 5.97 Å². The average Bonchev–Trinajstić information content (AvgIpc) is 2.72. The lowest BCUT2D eigenvalue weighted by atomic mass is 10.1. The summed E-state index contributed by atoms with van der Waals surface area (Å²) < 4.78 is 5.38. The van der Waals surface area contributed by atoms with Gasteiger partial charge in [-0.05, 0) is 30.5 Å². The van der Waals surface area contributed by atoms with Crippen LogP contribution in [-0.4, -0.2) is 22.5 Å². The number of aromatic nitrogens is 2. The summed E-state index contributed by atoms with van der Waals surface area (Å²) in [5, 5.41) is 0. The van der Waals surface area contributed by atoms with Gasteiger partial charge >= 0.3 is 5.97 Å². The highest BCUT2D eigenvalue weighted by Gasteiger charge is 2.08. The van der Waals surface area contributed by atoms with E-state index in [1.54, 1.807) is 12.1 Å². The van der Waals surface area contributed by atoms with Crippen molar-refractivity contribution in [2.24, 2.45) is 0 Å². The highest BCUT2D eigenvalue weighted by Crippen LogP contribution is 2.16. The summed E-state index contributed by atoms with van der Waals surface area (Å²) in [7, 11) is 0. The van der Waals surface area contributed by atoms with Crippen LogP contribution in [0.1, 0.15) is 81.1 Å². The van der Waals surface area contributed by atoms with Crippen molar-refractivity contribution in [3.63, 3.8) is 0 Å². The highest BCUT2D eigenvalue weighted by molar-refractivity contribution is 5.89. The standard InChI is InChI=1S/C23H32N2O2/c1-3-5-6-7-8-9-10-11-16-27-23(26)21-14-12-20(13-15-21)22-24-17-19(4-2)18-25-22/h12-15,17-18H,3-11,16H2,1-2H3. The van der Waals surface area contributed by atoms with Gasteiger partial charge in [-0.3, -0.25) is 0 Å². The Bertz CT molecular complexity index is 666. The molecule has 27 heavy (non-hydrogen) atoms. The highest BCUT2D eigenvalue weighted by atomic mass is 16.5. The molecule has 0 aliphatic carbocycles. The molecule has 0 saturated heterocycles. The van der Waals surface area contributed by atoms with Crippen LogP contribution in [0.15, 0.2) is 36.7 Å². The Hall–Kier alpha value is -2.23. The third-order valence-electron chi connectivity index (χ3n) is 4.72. The number of ether oxygens (including phenoxy) is 1. The SMILES string of the molecule is CCCCCCCCCCOC(=O)c1ccc(-c2ncc(CC)cn2)cc1. The van der Waals surface area contributed by atoms with Crippen LogP contribution in [0.5, 0.6) is 0 Å². The molecule has 1 heterocycles. The van der Waals surface area contributed by atoms with Crippen LogP contribution in [0.2, 0.25) is 0 Å². The molecule has 0 spiro atoms. The summed E-state index contributed by atoms with van der Waals surface area (Å²) in [4.78, 5) is 20.9. The summed E-state index contributed by atoms with van der Waals surface area (Å²) in [5.74, 6) is 0.415. The van der Waals surface area contributed by atoms with Gasteiger partial charge in [-0.1, -0.05) is 70.9 Å². The van der Waals surface area contributed by atoms with Crippen molar-refractivity contribution in [3.05, 3.63) is 47.8 Å². The van der Waals surface area contributed by atoms with Crippen LogP contribution in [0.3, 0.4) is 0 Å². The molecule has 0 N–H and O–H groups in total. The third-order valence-corrected chi connectivity index (χ3v) is 4.72. The maximum atomic E-state index is 12.1. The fourth-order valence-corrected chi connectivity index (χ4v) is 2.93. The molecule has 0 bridgehead atoms. The molecule has 0 aliphatic rings. The second-order valence-corrected chi connectivity index (χ2v) is 6.96. The van der Waals surface area contributed by atoms with Crippen molar-refractivity contribution in [2.45, 2.75) is 71.6 Å². The molecule has 4 nitrogen and oxygen atoms in total. The molecule has 0 unspecified atom stereocenters. The van der Waals surface area contributed by atoms with E-state index >= 15 is 0 Å². The zero-order valence-corrected chi connectivity index (χ0v) is 16.7. The minimum atomic E-state index is -0.258. The number of hydrogen-bond donors (Lipinski definition) is 0. The minimum Gasteiger partial charge on any atom is -0.462 e. The van der Waals surface area contributed by atoms with Crippen molar-refractivity contribution in [3.8, 4) is 11.4 Å². The van der Waals surface area contributed by atoms with Gasteiger partial charge in [0.25, 0.3) is 0 Å². The normalized spacial score (nSPS) is 10.7. The van der Waals surface area contributed by atoms with Crippen LogP contribution in [-0.2, 0) is 11.2 Å². The lowest BCUT2D eigenvalue weighted by Crippen LogP contribution is -2.06. The molecule has 0 saturated carbocycles. The molecule has 0 amide bonds. The molecule has 1 aromatic carbocycles. The van der Waals surface area contributed by atoms with Crippen LogP contribution in [0.4, 0.5) is 0 Å². The Balaban J connectivity index is 1.69. The lowest BCUT2D eigenvalue weighted by Gasteiger charge is -2.06. The van der Waals surface area contributed by atoms with Gasteiger partial charge in [-0.2, -0.15) is 0 Å². The Morgan fingerprint density at radius 2 is 1.44 bits per heavy atom. The van der Waals surface area contributed by atoms with E-state index in [0.717, 1.165) is 30.4 Å². The molecule has 2 rings (SSSR count). The van der Waals surface area contributed by atoms with E-state index in [2.05, 4.69) is 23.8 Å². The summed E-state index contributed by atoms with van der Waals surface area (Å²) in [5.41, 5.74) is 2.58. The number of benzene rings is 1. The smallest absolute Gasteiger partial charge is 0.338 e. The van der Waals surface area contributed by atoms with Gasteiger partial charge in [0.15, 0.2) is 5.82 Å². The molecular formula is C23H32N2O2. The third kappa shape index (κ3) is 7.49. The van der Waals surface area contributed by atoms with Crippen molar-refractivity contribution in [1.29, 1.82) is 0 Å². The number of rotatable bonds is 12. The summed E-state index contributed by atoms with van der Waals surface area (Å²) >= 11 is 0. The molecule has 1 aromatic heterocycles. The molecule has 146 valence electrons. The van der Waals surface area contributed by atoms with Crippen LogP contribution < -0.4 is 0 Å². The van der Waals surface area contributed by atoms with Crippen LogP contribution >= 0.6 is 0 Å². The van der Waals surface area contributed by atoms with E-state index in [4.69, 9.17) is 4.74 Å². The average molecular weight is 369 g/mol. The first-order valence-electron chi connectivity index (χ1n) is 10.3. The first-order valence-corrected chi connectivity index (χ1v) is 10.3. The summed E-state index contributed by atoms with van der Waals surface area (Å²) in [6.07, 6.45) is 14.5. The Morgan fingerprint density at radius 3 is 2.04 bits per heavy atom. The number of aryl methyl sites for hydroxylation is 1. The number of esters is 1. The van der Waals surface area contributed by atoms with E-state index in [9.17, 15) is 4.79 Å². The molecule has 0 atom stereocenters. The van der Waals surface area contributed by atoms with Crippen molar-refractivity contribution < 1.29 is 9.53 Å². The Morgan fingerprint density at radius 1 is 0.852 bits per heavy atom. The molecule has 0 fully saturated rings. The predicted molar refractivity (Wildman–Crippen MR) is 110 cm³/mol. The number of nitrogens with zero attached hydrogens (tertiary/aromatic N) is 2. The zero-order valence-electron chi connectivity index (χ0n) is 16.7. The van der Waals surface area contributed by atoms with Gasteiger partial charge in [-0.25, -0.2) is 14.8 Å². The van der Waals surface area contributed by atoms with Gasteiger partial charge < -0.3 is 4.74 Å². The van der Waals surface area contributed by atoms with Gasteiger partial charge in [-0.15, -0.1) is 0 Å². The topological polar surface area (TPSA) is 52.1 Å². The molecular weight excluding hydrogens is 336 g/mol. The van der Waals surface area contributed by atoms with E-state index in [1.807, 2.05) is 24.5 Å². The van der Waals surface area contributed by atoms with Gasteiger partial charge in [0.05, 0.1) is 12.2 Å². The predicted octanol–water partition coefficient (Wildman–Crippen LogP) is 6.00. The van der Waals surface area contributed by atoms with Crippen molar-refractivity contribution in [2.75, 3.05) is 6.61 Å². The Kier molecular flexibility index (Phi) is 9.53. The second kappa shape index (κ2) is 12.2. The monoisotopic (exact) mass is 368 g/mol. The largest absolute Gasteiger partial charge is 0.462 e. The van der Waals surface area contributed by atoms with Gasteiger partial charge in [0.1, 0.15) is 0 Å². The molecule has 0 radical (unpaired) electrons. The molecule has 0 aliphatic heterocycles. The quantitative estimate of drug-likeness (QED) is 0.340. The number of hydrogen-bond acceptors (Lipinski definition) is 4. The number of carbonyl (C=O) groups excluding carboxylic acids is 1. The zero-order chi connectivity index (χ0) is 19.3. The van der Waals surface area contributed by atoms with Crippen molar-refractivity contribution >= 4 is 5.97 Å². The van der Waals surface area contributed by atoms with E-state index in [0.29, 0.717) is 18.0 Å². The number of unbranched alkanes of at least 4 members (excludes halogenated alkanes) is 7. The molecule has 4 heteroatoms.